The highest BCUT2D eigenvalue weighted by Gasteiger charge is 2.15. The maximum Gasteiger partial charge on any atom is 0.273 e. The highest BCUT2D eigenvalue weighted by atomic mass is 79.9. The molecule has 0 radical (unpaired) electrons. The molecule has 0 aliphatic carbocycles. The SMILES string of the molecule is Cc1ccc(C(=O)NCC(=O)Nc2cccc(Br)c2)cc1[N+](=O)[O-]. The van der Waals surface area contributed by atoms with E-state index in [9.17, 15) is 19.7 Å². The number of hydrogen-bond acceptors (Lipinski definition) is 4. The van der Waals surface area contributed by atoms with E-state index in [2.05, 4.69) is 26.6 Å². The number of aryl methyl sites for hydroxylation is 1. The third kappa shape index (κ3) is 4.63. The second kappa shape index (κ2) is 7.69. The van der Waals surface area contributed by atoms with Crippen molar-refractivity contribution in [3.63, 3.8) is 0 Å². The molecule has 0 saturated carbocycles. The molecule has 2 N–H and O–H groups in total. The fraction of sp³-hybridized carbons (Fsp3) is 0.125. The molecule has 0 aliphatic heterocycles. The molecule has 124 valence electrons. The number of halogens is 1. The molecule has 24 heavy (non-hydrogen) atoms. The van der Waals surface area contributed by atoms with Crippen LogP contribution in [0.5, 0.6) is 0 Å². The van der Waals surface area contributed by atoms with E-state index in [0.29, 0.717) is 11.3 Å². The van der Waals surface area contributed by atoms with Crippen LogP contribution in [0.25, 0.3) is 0 Å². The van der Waals surface area contributed by atoms with Gasteiger partial charge in [-0.15, -0.1) is 0 Å². The predicted octanol–water partition coefficient (Wildman–Crippen LogP) is 3.03. The van der Waals surface area contributed by atoms with E-state index in [1.54, 1.807) is 25.1 Å². The number of carbonyl (C=O) groups excluding carboxylic acids is 2. The minimum atomic E-state index is -0.553. The maximum atomic E-state index is 12.0. The third-order valence-electron chi connectivity index (χ3n) is 3.19. The molecular weight excluding hydrogens is 378 g/mol. The first kappa shape index (κ1) is 17.6. The molecular formula is C16H14BrN3O4. The summed E-state index contributed by atoms with van der Waals surface area (Å²) in [6.45, 7) is 1.35. The van der Waals surface area contributed by atoms with Gasteiger partial charge in [-0.1, -0.05) is 28.1 Å². The van der Waals surface area contributed by atoms with Crippen LogP contribution in [-0.4, -0.2) is 23.3 Å². The van der Waals surface area contributed by atoms with Crippen LogP contribution in [0, 0.1) is 17.0 Å². The molecule has 8 heteroatoms. The molecule has 7 nitrogen and oxygen atoms in total. The number of amides is 2. The Labute approximate surface area is 146 Å². The van der Waals surface area contributed by atoms with Crippen molar-refractivity contribution in [2.45, 2.75) is 6.92 Å². The smallest absolute Gasteiger partial charge is 0.273 e. The highest BCUT2D eigenvalue weighted by Crippen LogP contribution is 2.19. The predicted molar refractivity (Wildman–Crippen MR) is 92.9 cm³/mol. The first-order valence-corrected chi connectivity index (χ1v) is 7.75. The van der Waals surface area contributed by atoms with E-state index >= 15 is 0 Å². The van der Waals surface area contributed by atoms with Crippen LogP contribution in [0.2, 0.25) is 0 Å². The van der Waals surface area contributed by atoms with Gasteiger partial charge < -0.3 is 10.6 Å². The second-order valence-corrected chi connectivity index (χ2v) is 5.92. The van der Waals surface area contributed by atoms with Gasteiger partial charge in [0.05, 0.1) is 11.5 Å². The van der Waals surface area contributed by atoms with Gasteiger partial charge in [0.15, 0.2) is 0 Å². The molecule has 2 amide bonds. The zero-order valence-corrected chi connectivity index (χ0v) is 14.3. The van der Waals surface area contributed by atoms with E-state index in [0.717, 1.165) is 4.47 Å². The summed E-state index contributed by atoms with van der Waals surface area (Å²) in [5.74, 6) is -0.953. The van der Waals surface area contributed by atoms with Crippen LogP contribution in [0.4, 0.5) is 11.4 Å². The molecule has 0 aliphatic rings. The largest absolute Gasteiger partial charge is 0.343 e. The van der Waals surface area contributed by atoms with Gasteiger partial charge in [-0.25, -0.2) is 0 Å². The van der Waals surface area contributed by atoms with Crippen LogP contribution in [-0.2, 0) is 4.79 Å². The van der Waals surface area contributed by atoms with Crippen LogP contribution in [0.1, 0.15) is 15.9 Å². The van der Waals surface area contributed by atoms with Crippen molar-refractivity contribution in [1.82, 2.24) is 5.32 Å². The molecule has 0 saturated heterocycles. The van der Waals surface area contributed by atoms with Crippen LogP contribution in [0.3, 0.4) is 0 Å². The fourth-order valence-corrected chi connectivity index (χ4v) is 2.38. The van der Waals surface area contributed by atoms with Crippen molar-refractivity contribution in [3.05, 3.63) is 68.2 Å². The Bertz CT molecular complexity index is 808. The van der Waals surface area contributed by atoms with Gasteiger partial charge in [0.2, 0.25) is 5.91 Å². The van der Waals surface area contributed by atoms with Crippen molar-refractivity contribution in [2.24, 2.45) is 0 Å². The van der Waals surface area contributed by atoms with Gasteiger partial charge in [0.1, 0.15) is 0 Å². The van der Waals surface area contributed by atoms with E-state index in [1.807, 2.05) is 6.07 Å². The summed E-state index contributed by atoms with van der Waals surface area (Å²) in [6.07, 6.45) is 0. The molecule has 0 bridgehead atoms. The lowest BCUT2D eigenvalue weighted by molar-refractivity contribution is -0.385. The molecule has 2 aromatic rings. The Kier molecular flexibility index (Phi) is 5.64. The summed E-state index contributed by atoms with van der Waals surface area (Å²) in [4.78, 5) is 34.2. The van der Waals surface area contributed by atoms with Gasteiger partial charge in [0.25, 0.3) is 11.6 Å². The van der Waals surface area contributed by atoms with E-state index < -0.39 is 16.7 Å². The number of benzene rings is 2. The van der Waals surface area contributed by atoms with Crippen molar-refractivity contribution in [2.75, 3.05) is 11.9 Å². The lowest BCUT2D eigenvalue weighted by atomic mass is 10.1. The molecule has 2 aromatic carbocycles. The Morgan fingerprint density at radius 3 is 2.62 bits per heavy atom. The Morgan fingerprint density at radius 1 is 1.21 bits per heavy atom. The van der Waals surface area contributed by atoms with Crippen LogP contribution >= 0.6 is 15.9 Å². The second-order valence-electron chi connectivity index (χ2n) is 5.00. The molecule has 0 spiro atoms. The van der Waals surface area contributed by atoms with Crippen molar-refractivity contribution in [1.29, 1.82) is 0 Å². The average molecular weight is 392 g/mol. The standard InChI is InChI=1S/C16H14BrN3O4/c1-10-5-6-11(7-14(10)20(23)24)16(22)18-9-15(21)19-13-4-2-3-12(17)8-13/h2-8H,9H2,1H3,(H,18,22)(H,19,21). The molecule has 0 aromatic heterocycles. The number of nitro groups is 1. The topological polar surface area (TPSA) is 101 Å². The van der Waals surface area contributed by atoms with Gasteiger partial charge >= 0.3 is 0 Å². The number of nitro benzene ring substituents is 1. The lowest BCUT2D eigenvalue weighted by Gasteiger charge is -2.08. The maximum absolute atomic E-state index is 12.0. The lowest BCUT2D eigenvalue weighted by Crippen LogP contribution is -2.32. The van der Waals surface area contributed by atoms with E-state index in [1.165, 1.54) is 18.2 Å². The van der Waals surface area contributed by atoms with Crippen LogP contribution < -0.4 is 10.6 Å². The molecule has 0 unspecified atom stereocenters. The summed E-state index contributed by atoms with van der Waals surface area (Å²) in [6, 6.07) is 11.2. The average Bonchev–Trinajstić information content (AvgIpc) is 2.52. The Hall–Kier alpha value is -2.74. The number of rotatable bonds is 5. The third-order valence-corrected chi connectivity index (χ3v) is 3.68. The molecule has 0 atom stereocenters. The zero-order chi connectivity index (χ0) is 17.7. The molecule has 0 heterocycles. The minimum absolute atomic E-state index is 0.127. The normalized spacial score (nSPS) is 10.1. The zero-order valence-electron chi connectivity index (χ0n) is 12.7. The van der Waals surface area contributed by atoms with Crippen LogP contribution in [0.15, 0.2) is 46.9 Å². The number of hydrogen-bond donors (Lipinski definition) is 2. The summed E-state index contributed by atoms with van der Waals surface area (Å²) < 4.78 is 0.816. The fourth-order valence-electron chi connectivity index (χ4n) is 1.98. The quantitative estimate of drug-likeness (QED) is 0.603. The van der Waals surface area contributed by atoms with Gasteiger partial charge in [-0.05, 0) is 31.2 Å². The highest BCUT2D eigenvalue weighted by molar-refractivity contribution is 9.10. The molecule has 2 rings (SSSR count). The molecule has 0 fully saturated rings. The summed E-state index contributed by atoms with van der Waals surface area (Å²) in [7, 11) is 0. The summed E-state index contributed by atoms with van der Waals surface area (Å²) >= 11 is 3.29. The minimum Gasteiger partial charge on any atom is -0.343 e. The van der Waals surface area contributed by atoms with Gasteiger partial charge in [-0.2, -0.15) is 0 Å². The van der Waals surface area contributed by atoms with Gasteiger partial charge in [-0.3, -0.25) is 19.7 Å². The number of nitrogens with one attached hydrogen (secondary N) is 2. The van der Waals surface area contributed by atoms with Crippen molar-refractivity contribution < 1.29 is 14.5 Å². The van der Waals surface area contributed by atoms with E-state index in [-0.39, 0.29) is 17.8 Å². The summed E-state index contributed by atoms with van der Waals surface area (Å²) in [5.41, 5.74) is 1.04. The van der Waals surface area contributed by atoms with E-state index in [4.69, 9.17) is 0 Å². The number of nitrogens with zero attached hydrogens (tertiary/aromatic N) is 1. The first-order chi connectivity index (χ1) is 11.4. The number of anilines is 1. The monoisotopic (exact) mass is 391 g/mol. The number of carbonyl (C=O) groups is 2. The first-order valence-electron chi connectivity index (χ1n) is 6.95. The summed E-state index contributed by atoms with van der Waals surface area (Å²) in [5, 5.41) is 16.0. The Morgan fingerprint density at radius 2 is 1.96 bits per heavy atom. The Balaban J connectivity index is 1.96. The van der Waals surface area contributed by atoms with Crippen molar-refractivity contribution >= 4 is 39.1 Å². The van der Waals surface area contributed by atoms with Crippen molar-refractivity contribution in [3.8, 4) is 0 Å². The van der Waals surface area contributed by atoms with Gasteiger partial charge in [0, 0.05) is 27.4 Å².